The zero-order valence-corrected chi connectivity index (χ0v) is 13.6. The van der Waals surface area contributed by atoms with Gasteiger partial charge < -0.3 is 15.7 Å². The molecule has 0 saturated heterocycles. The highest BCUT2D eigenvalue weighted by atomic mass is 16.4. The van der Waals surface area contributed by atoms with Gasteiger partial charge in [-0.15, -0.1) is 0 Å². The largest absolute Gasteiger partial charge is 0.481 e. The van der Waals surface area contributed by atoms with Crippen LogP contribution in [0.1, 0.15) is 24.1 Å². The van der Waals surface area contributed by atoms with Crippen LogP contribution in [0.15, 0.2) is 59.9 Å². The first-order valence-electron chi connectivity index (χ1n) is 7.83. The Hall–Kier alpha value is -2.89. The zero-order chi connectivity index (χ0) is 17.2. The SMILES string of the molecule is CC(=O)O.c1ccc(CC(NC2=NCCN2)c2cccnc2)cc1. The molecule has 1 aromatic carbocycles. The highest BCUT2D eigenvalue weighted by Crippen LogP contribution is 2.17. The Balaban J connectivity index is 0.000000471. The molecule has 0 radical (unpaired) electrons. The molecule has 2 heterocycles. The quantitative estimate of drug-likeness (QED) is 0.800. The maximum absolute atomic E-state index is 9.00. The lowest BCUT2D eigenvalue weighted by Gasteiger charge is -2.20. The number of aromatic nitrogens is 1. The van der Waals surface area contributed by atoms with Crippen LogP contribution in [0.3, 0.4) is 0 Å². The van der Waals surface area contributed by atoms with E-state index in [1.54, 1.807) is 6.20 Å². The number of nitrogens with one attached hydrogen (secondary N) is 2. The summed E-state index contributed by atoms with van der Waals surface area (Å²) in [5.41, 5.74) is 2.47. The molecule has 1 atom stereocenters. The summed E-state index contributed by atoms with van der Waals surface area (Å²) in [6, 6.07) is 14.7. The Bertz CT molecular complexity index is 655. The average molecular weight is 326 g/mol. The summed E-state index contributed by atoms with van der Waals surface area (Å²) in [5.74, 6) is 0.0507. The molecule has 3 rings (SSSR count). The molecule has 1 unspecified atom stereocenters. The maximum atomic E-state index is 9.00. The van der Waals surface area contributed by atoms with E-state index in [4.69, 9.17) is 9.90 Å². The van der Waals surface area contributed by atoms with Crippen molar-refractivity contribution in [2.45, 2.75) is 19.4 Å². The number of hydrogen-bond acceptors (Lipinski definition) is 5. The van der Waals surface area contributed by atoms with E-state index in [1.807, 2.05) is 18.3 Å². The molecule has 126 valence electrons. The van der Waals surface area contributed by atoms with Gasteiger partial charge in [0.1, 0.15) is 0 Å². The van der Waals surface area contributed by atoms with E-state index >= 15 is 0 Å². The summed E-state index contributed by atoms with van der Waals surface area (Å²) in [7, 11) is 0. The predicted octanol–water partition coefficient (Wildman–Crippen LogP) is 2.01. The molecule has 0 aliphatic carbocycles. The lowest BCUT2D eigenvalue weighted by Crippen LogP contribution is -2.37. The summed E-state index contributed by atoms with van der Waals surface area (Å²) in [4.78, 5) is 17.6. The van der Waals surface area contributed by atoms with Crippen molar-refractivity contribution in [3.8, 4) is 0 Å². The van der Waals surface area contributed by atoms with Crippen molar-refractivity contribution in [2.24, 2.45) is 4.99 Å². The molecular weight excluding hydrogens is 304 g/mol. The molecule has 2 aromatic rings. The summed E-state index contributed by atoms with van der Waals surface area (Å²) in [5, 5.41) is 14.2. The number of nitrogens with zero attached hydrogens (tertiary/aromatic N) is 2. The Labute approximate surface area is 141 Å². The third kappa shape index (κ3) is 6.08. The van der Waals surface area contributed by atoms with Crippen LogP contribution in [0.4, 0.5) is 0 Å². The smallest absolute Gasteiger partial charge is 0.300 e. The number of rotatable bonds is 4. The first kappa shape index (κ1) is 17.5. The van der Waals surface area contributed by atoms with Gasteiger partial charge in [0.15, 0.2) is 5.96 Å². The number of benzene rings is 1. The second kappa shape index (κ2) is 9.29. The van der Waals surface area contributed by atoms with Crippen molar-refractivity contribution < 1.29 is 9.90 Å². The fraction of sp³-hybridized carbons (Fsp3) is 0.278. The van der Waals surface area contributed by atoms with Crippen molar-refractivity contribution in [1.82, 2.24) is 15.6 Å². The number of carbonyl (C=O) groups is 1. The van der Waals surface area contributed by atoms with Crippen molar-refractivity contribution in [2.75, 3.05) is 13.1 Å². The highest BCUT2D eigenvalue weighted by Gasteiger charge is 2.15. The molecule has 0 bridgehead atoms. The van der Waals surface area contributed by atoms with Gasteiger partial charge in [0, 0.05) is 25.9 Å². The molecule has 1 aromatic heterocycles. The molecule has 1 aliphatic heterocycles. The molecule has 3 N–H and O–H groups in total. The van der Waals surface area contributed by atoms with E-state index in [1.165, 1.54) is 11.1 Å². The van der Waals surface area contributed by atoms with Crippen LogP contribution in [-0.2, 0) is 11.2 Å². The van der Waals surface area contributed by atoms with Crippen LogP contribution in [0, 0.1) is 0 Å². The Kier molecular flexibility index (Phi) is 6.76. The van der Waals surface area contributed by atoms with E-state index < -0.39 is 5.97 Å². The normalized spacial score (nSPS) is 13.8. The summed E-state index contributed by atoms with van der Waals surface area (Å²) in [6.45, 7) is 2.83. The van der Waals surface area contributed by atoms with Crippen LogP contribution in [0.5, 0.6) is 0 Å². The van der Waals surface area contributed by atoms with Crippen molar-refractivity contribution in [3.05, 3.63) is 66.0 Å². The molecule has 6 heteroatoms. The topological polar surface area (TPSA) is 86.6 Å². The van der Waals surface area contributed by atoms with E-state index in [2.05, 4.69) is 50.9 Å². The third-order valence-corrected chi connectivity index (χ3v) is 3.35. The third-order valence-electron chi connectivity index (χ3n) is 3.35. The standard InChI is InChI=1S/C16H18N4.C2H4O2/c1-2-5-13(6-3-1)11-15(14-7-4-8-17-12-14)20-16-18-9-10-19-16;1-2(3)4/h1-8,12,15H,9-11H2,(H2,18,19,20);1H3,(H,3,4). The van der Waals surface area contributed by atoms with Gasteiger partial charge in [0.25, 0.3) is 5.97 Å². The number of hydrogen-bond donors (Lipinski definition) is 3. The molecular formula is C18H22N4O2. The first-order chi connectivity index (χ1) is 11.6. The minimum atomic E-state index is -0.833. The van der Waals surface area contributed by atoms with E-state index in [0.717, 1.165) is 32.4 Å². The number of pyridine rings is 1. The van der Waals surface area contributed by atoms with Crippen LogP contribution >= 0.6 is 0 Å². The molecule has 0 fully saturated rings. The minimum absolute atomic E-state index is 0.176. The lowest BCUT2D eigenvalue weighted by molar-refractivity contribution is -0.134. The van der Waals surface area contributed by atoms with E-state index in [9.17, 15) is 0 Å². The lowest BCUT2D eigenvalue weighted by atomic mass is 10.0. The van der Waals surface area contributed by atoms with Crippen molar-refractivity contribution in [1.29, 1.82) is 0 Å². The van der Waals surface area contributed by atoms with Gasteiger partial charge in [-0.05, 0) is 23.6 Å². The van der Waals surface area contributed by atoms with Gasteiger partial charge in [0.05, 0.1) is 12.6 Å². The second-order valence-corrected chi connectivity index (χ2v) is 5.35. The van der Waals surface area contributed by atoms with Gasteiger partial charge in [0.2, 0.25) is 0 Å². The van der Waals surface area contributed by atoms with Crippen molar-refractivity contribution >= 4 is 11.9 Å². The molecule has 1 aliphatic rings. The van der Waals surface area contributed by atoms with Crippen molar-refractivity contribution in [3.63, 3.8) is 0 Å². The zero-order valence-electron chi connectivity index (χ0n) is 13.6. The highest BCUT2D eigenvalue weighted by molar-refractivity contribution is 5.81. The maximum Gasteiger partial charge on any atom is 0.300 e. The fourth-order valence-corrected chi connectivity index (χ4v) is 2.34. The predicted molar refractivity (Wildman–Crippen MR) is 93.9 cm³/mol. The van der Waals surface area contributed by atoms with Crippen LogP contribution < -0.4 is 10.6 Å². The summed E-state index contributed by atoms with van der Waals surface area (Å²) >= 11 is 0. The van der Waals surface area contributed by atoms with Crippen LogP contribution in [0.2, 0.25) is 0 Å². The van der Waals surface area contributed by atoms with E-state index in [0.29, 0.717) is 0 Å². The summed E-state index contributed by atoms with van der Waals surface area (Å²) in [6.07, 6.45) is 4.62. The second-order valence-electron chi connectivity index (χ2n) is 5.35. The number of aliphatic imine (C=N–C) groups is 1. The summed E-state index contributed by atoms with van der Waals surface area (Å²) < 4.78 is 0. The molecule has 0 saturated carbocycles. The Morgan fingerprint density at radius 1 is 1.29 bits per heavy atom. The van der Waals surface area contributed by atoms with Gasteiger partial charge >= 0.3 is 0 Å². The Morgan fingerprint density at radius 3 is 2.62 bits per heavy atom. The first-order valence-corrected chi connectivity index (χ1v) is 7.83. The van der Waals surface area contributed by atoms with Gasteiger partial charge in [-0.25, -0.2) is 0 Å². The number of guanidine groups is 1. The fourth-order valence-electron chi connectivity index (χ4n) is 2.34. The Morgan fingerprint density at radius 2 is 2.04 bits per heavy atom. The van der Waals surface area contributed by atoms with Gasteiger partial charge in [-0.2, -0.15) is 0 Å². The van der Waals surface area contributed by atoms with Crippen LogP contribution in [-0.4, -0.2) is 35.1 Å². The van der Waals surface area contributed by atoms with Gasteiger partial charge in [-0.3, -0.25) is 14.8 Å². The van der Waals surface area contributed by atoms with E-state index in [-0.39, 0.29) is 6.04 Å². The molecule has 0 amide bonds. The van der Waals surface area contributed by atoms with Crippen LogP contribution in [0.25, 0.3) is 0 Å². The number of aliphatic carboxylic acids is 1. The number of carboxylic acids is 1. The minimum Gasteiger partial charge on any atom is -0.481 e. The van der Waals surface area contributed by atoms with Gasteiger partial charge in [-0.1, -0.05) is 36.4 Å². The molecule has 0 spiro atoms. The molecule has 6 nitrogen and oxygen atoms in total. The average Bonchev–Trinajstić information content (AvgIpc) is 3.09. The monoisotopic (exact) mass is 326 g/mol. The number of carboxylic acid groups (broad SMARTS) is 1. The molecule has 24 heavy (non-hydrogen) atoms.